The lowest BCUT2D eigenvalue weighted by Gasteiger charge is -2.40. The van der Waals surface area contributed by atoms with Crippen molar-refractivity contribution in [2.45, 2.75) is 32.4 Å². The summed E-state index contributed by atoms with van der Waals surface area (Å²) in [6, 6.07) is 6.39. The van der Waals surface area contributed by atoms with Gasteiger partial charge >= 0.3 is 0 Å². The maximum absolute atomic E-state index is 13.1. The summed E-state index contributed by atoms with van der Waals surface area (Å²) < 4.78 is 24.1. The minimum atomic E-state index is -0.248. The monoisotopic (exact) mass is 508 g/mol. The van der Waals surface area contributed by atoms with Crippen LogP contribution in [-0.2, 0) is 9.47 Å². The molecule has 0 spiro atoms. The summed E-state index contributed by atoms with van der Waals surface area (Å²) in [6.45, 7) is 11.9. The lowest BCUT2D eigenvalue weighted by atomic mass is 10.0. The molecule has 1 atom stereocenters. The Morgan fingerprint density at radius 1 is 1.25 bits per heavy atom. The number of hydrogen-bond donors (Lipinski definition) is 2. The van der Waals surface area contributed by atoms with Crippen LogP contribution < -0.4 is 10.6 Å². The molecule has 1 unspecified atom stereocenters. The van der Waals surface area contributed by atoms with Crippen molar-refractivity contribution >= 4 is 29.9 Å². The molecule has 1 aliphatic heterocycles. The van der Waals surface area contributed by atoms with Gasteiger partial charge in [-0.15, -0.1) is 24.0 Å². The minimum Gasteiger partial charge on any atom is -0.379 e. The molecule has 1 fully saturated rings. The van der Waals surface area contributed by atoms with Gasteiger partial charge in [0.15, 0.2) is 5.96 Å². The first kappa shape index (κ1) is 25.1. The van der Waals surface area contributed by atoms with Gasteiger partial charge in [0.25, 0.3) is 0 Å². The zero-order valence-electron chi connectivity index (χ0n) is 17.3. The predicted molar refractivity (Wildman–Crippen MR) is 122 cm³/mol. The molecule has 1 aliphatic rings. The first-order valence-corrected chi connectivity index (χ1v) is 9.59. The highest BCUT2D eigenvalue weighted by Crippen LogP contribution is 2.17. The van der Waals surface area contributed by atoms with Crippen LogP contribution in [0.1, 0.15) is 32.4 Å². The number of methoxy groups -OCH3 is 1. The minimum absolute atomic E-state index is 0. The van der Waals surface area contributed by atoms with Gasteiger partial charge in [-0.05, 0) is 38.5 Å². The molecule has 0 aromatic heterocycles. The second-order valence-electron chi connectivity index (χ2n) is 7.26. The van der Waals surface area contributed by atoms with Crippen molar-refractivity contribution in [3.05, 3.63) is 35.6 Å². The van der Waals surface area contributed by atoms with Gasteiger partial charge in [0, 0.05) is 38.8 Å². The molecule has 0 radical (unpaired) electrons. The third-order valence-corrected chi connectivity index (χ3v) is 4.82. The van der Waals surface area contributed by atoms with Crippen molar-refractivity contribution in [2.24, 2.45) is 4.99 Å². The van der Waals surface area contributed by atoms with Crippen LogP contribution in [0.4, 0.5) is 4.39 Å². The van der Waals surface area contributed by atoms with Crippen LogP contribution in [-0.4, -0.2) is 69.4 Å². The summed E-state index contributed by atoms with van der Waals surface area (Å²) in [4.78, 5) is 7.19. The Morgan fingerprint density at radius 3 is 2.46 bits per heavy atom. The number of benzene rings is 1. The summed E-state index contributed by atoms with van der Waals surface area (Å²) in [6.07, 6.45) is -0.179. The number of nitrogens with one attached hydrogen (secondary N) is 2. The number of halogens is 2. The molecule has 2 rings (SSSR count). The molecular formula is C20H34FIN4O2. The maximum Gasteiger partial charge on any atom is 0.191 e. The first-order valence-electron chi connectivity index (χ1n) is 9.59. The number of guanidine groups is 1. The molecule has 28 heavy (non-hydrogen) atoms. The molecule has 1 aromatic carbocycles. The SMILES string of the molecule is CCNC(=NCC(C)(C)N1CCOCC1)NCC(OC)c1ccc(F)cc1.I. The number of aliphatic imine (C=N–C) groups is 1. The third kappa shape index (κ3) is 7.81. The van der Waals surface area contributed by atoms with Gasteiger partial charge in [-0.1, -0.05) is 12.1 Å². The summed E-state index contributed by atoms with van der Waals surface area (Å²) >= 11 is 0. The zero-order chi connectivity index (χ0) is 19.7. The van der Waals surface area contributed by atoms with E-state index in [4.69, 9.17) is 14.5 Å². The molecule has 0 amide bonds. The average Bonchev–Trinajstić information content (AvgIpc) is 2.68. The second-order valence-corrected chi connectivity index (χ2v) is 7.26. The van der Waals surface area contributed by atoms with Crippen molar-refractivity contribution in [1.82, 2.24) is 15.5 Å². The fraction of sp³-hybridized carbons (Fsp3) is 0.650. The highest BCUT2D eigenvalue weighted by molar-refractivity contribution is 14.0. The van der Waals surface area contributed by atoms with E-state index < -0.39 is 0 Å². The summed E-state index contributed by atoms with van der Waals surface area (Å²) in [5.74, 6) is 0.504. The van der Waals surface area contributed by atoms with Crippen LogP contribution >= 0.6 is 24.0 Å². The Kier molecular flexibility index (Phi) is 11.2. The summed E-state index contributed by atoms with van der Waals surface area (Å²) in [5.41, 5.74) is 0.889. The molecule has 160 valence electrons. The normalized spacial score (nSPS) is 17.0. The fourth-order valence-corrected chi connectivity index (χ4v) is 3.09. The van der Waals surface area contributed by atoms with Crippen molar-refractivity contribution in [3.63, 3.8) is 0 Å². The zero-order valence-corrected chi connectivity index (χ0v) is 19.7. The number of nitrogens with zero attached hydrogens (tertiary/aromatic N) is 2. The van der Waals surface area contributed by atoms with E-state index in [-0.39, 0.29) is 41.4 Å². The van der Waals surface area contributed by atoms with Crippen molar-refractivity contribution in [3.8, 4) is 0 Å². The van der Waals surface area contributed by atoms with Crippen LogP contribution in [0.2, 0.25) is 0 Å². The van der Waals surface area contributed by atoms with E-state index in [9.17, 15) is 4.39 Å². The third-order valence-electron chi connectivity index (χ3n) is 4.82. The van der Waals surface area contributed by atoms with Crippen LogP contribution in [0.5, 0.6) is 0 Å². The van der Waals surface area contributed by atoms with Crippen molar-refractivity contribution in [2.75, 3.05) is 53.0 Å². The number of rotatable bonds is 8. The lowest BCUT2D eigenvalue weighted by molar-refractivity contribution is -0.00684. The highest BCUT2D eigenvalue weighted by atomic mass is 127. The smallest absolute Gasteiger partial charge is 0.191 e. The van der Waals surface area contributed by atoms with Gasteiger partial charge in [-0.25, -0.2) is 4.39 Å². The molecule has 0 bridgehead atoms. The van der Waals surface area contributed by atoms with E-state index >= 15 is 0 Å². The van der Waals surface area contributed by atoms with Crippen LogP contribution in [0, 0.1) is 5.82 Å². The Bertz CT molecular complexity index is 592. The van der Waals surface area contributed by atoms with Crippen LogP contribution in [0.15, 0.2) is 29.3 Å². The molecule has 2 N–H and O–H groups in total. The van der Waals surface area contributed by atoms with Crippen molar-refractivity contribution < 1.29 is 13.9 Å². The van der Waals surface area contributed by atoms with Gasteiger partial charge < -0.3 is 20.1 Å². The van der Waals surface area contributed by atoms with E-state index in [2.05, 4.69) is 29.4 Å². The Hall–Kier alpha value is -0.970. The molecular weight excluding hydrogens is 474 g/mol. The number of ether oxygens (including phenoxy) is 2. The molecule has 1 aromatic rings. The van der Waals surface area contributed by atoms with Gasteiger partial charge in [0.1, 0.15) is 5.82 Å². The topological polar surface area (TPSA) is 58.1 Å². The lowest BCUT2D eigenvalue weighted by Crippen LogP contribution is -2.52. The van der Waals surface area contributed by atoms with E-state index in [1.54, 1.807) is 19.2 Å². The Morgan fingerprint density at radius 2 is 1.89 bits per heavy atom. The van der Waals surface area contributed by atoms with E-state index in [1.165, 1.54) is 12.1 Å². The Balaban J connectivity index is 0.00000392. The highest BCUT2D eigenvalue weighted by Gasteiger charge is 2.28. The van der Waals surface area contributed by atoms with E-state index in [0.29, 0.717) is 13.1 Å². The second kappa shape index (κ2) is 12.6. The largest absolute Gasteiger partial charge is 0.379 e. The summed E-state index contributed by atoms with van der Waals surface area (Å²) in [7, 11) is 1.65. The fourth-order valence-electron chi connectivity index (χ4n) is 3.09. The molecule has 0 saturated carbocycles. The average molecular weight is 508 g/mol. The van der Waals surface area contributed by atoms with Crippen LogP contribution in [0.3, 0.4) is 0 Å². The van der Waals surface area contributed by atoms with Gasteiger partial charge in [0.2, 0.25) is 0 Å². The molecule has 8 heteroatoms. The predicted octanol–water partition coefficient (Wildman–Crippen LogP) is 2.80. The van der Waals surface area contributed by atoms with Gasteiger partial charge in [0.05, 0.1) is 25.9 Å². The molecule has 6 nitrogen and oxygen atoms in total. The molecule has 1 saturated heterocycles. The maximum atomic E-state index is 13.1. The quantitative estimate of drug-likeness (QED) is 0.322. The standard InChI is InChI=1S/C20H33FN4O2.HI/c1-5-22-19(24-15-20(2,3)25-10-12-27-13-11-25)23-14-18(26-4)16-6-8-17(21)9-7-16;/h6-9,18H,5,10-15H2,1-4H3,(H2,22,23,24);1H. The van der Waals surface area contributed by atoms with Gasteiger partial charge in [-0.3, -0.25) is 9.89 Å². The Labute approximate surface area is 185 Å². The van der Waals surface area contributed by atoms with Crippen molar-refractivity contribution in [1.29, 1.82) is 0 Å². The molecule has 0 aliphatic carbocycles. The summed E-state index contributed by atoms with van der Waals surface area (Å²) in [5, 5.41) is 6.62. The molecule has 1 heterocycles. The first-order chi connectivity index (χ1) is 13.0. The number of hydrogen-bond acceptors (Lipinski definition) is 4. The van der Waals surface area contributed by atoms with Crippen LogP contribution in [0.25, 0.3) is 0 Å². The van der Waals surface area contributed by atoms with Gasteiger partial charge in [-0.2, -0.15) is 0 Å². The van der Waals surface area contributed by atoms with E-state index in [0.717, 1.165) is 44.4 Å². The van der Waals surface area contributed by atoms with E-state index in [1.807, 2.05) is 6.92 Å². The number of morpholine rings is 1.